The molecule has 0 radical (unpaired) electrons. The van der Waals surface area contributed by atoms with Gasteiger partial charge in [-0.15, -0.1) is 0 Å². The topological polar surface area (TPSA) is 52.1 Å². The fourth-order valence-electron chi connectivity index (χ4n) is 2.78. The molecule has 8 heteroatoms. The SMILES string of the molecule is COc1ccc(/C=C/C(=O)c2ccc(F)cc2)cc1CSc1nc(C)cc(C(F)F)n1. The minimum Gasteiger partial charge on any atom is -0.496 e. The maximum absolute atomic E-state index is 13.0. The zero-order chi connectivity index (χ0) is 22.4. The number of nitrogens with zero attached hydrogens (tertiary/aromatic N) is 2. The Balaban J connectivity index is 1.76. The van der Waals surface area contributed by atoms with Gasteiger partial charge in [-0.2, -0.15) is 0 Å². The van der Waals surface area contributed by atoms with Crippen LogP contribution in [0.15, 0.2) is 59.8 Å². The van der Waals surface area contributed by atoms with Crippen LogP contribution in [0.1, 0.15) is 39.3 Å². The van der Waals surface area contributed by atoms with Gasteiger partial charge in [0, 0.05) is 22.6 Å². The summed E-state index contributed by atoms with van der Waals surface area (Å²) in [4.78, 5) is 20.4. The van der Waals surface area contributed by atoms with Crippen LogP contribution in [0.3, 0.4) is 0 Å². The standard InChI is InChI=1S/C23H19F3N2O2S/c1-14-11-19(22(25)26)28-23(27-14)31-13-17-12-15(4-10-21(17)30-2)3-9-20(29)16-5-7-18(24)8-6-16/h3-12,22H,13H2,1-2H3/b9-3+. The number of alkyl halides is 2. The Morgan fingerprint density at radius 3 is 2.55 bits per heavy atom. The zero-order valence-corrected chi connectivity index (χ0v) is 17.6. The number of allylic oxidation sites excluding steroid dienone is 1. The second kappa shape index (κ2) is 10.3. The fraction of sp³-hybridized carbons (Fsp3) is 0.174. The normalized spacial score (nSPS) is 11.3. The number of rotatable bonds is 8. The molecular weight excluding hydrogens is 425 g/mol. The largest absolute Gasteiger partial charge is 0.496 e. The lowest BCUT2D eigenvalue weighted by molar-refractivity contribution is 0.104. The number of methoxy groups -OCH3 is 1. The van der Waals surface area contributed by atoms with Crippen molar-refractivity contribution in [3.8, 4) is 5.75 Å². The molecule has 0 unspecified atom stereocenters. The molecule has 4 nitrogen and oxygen atoms in total. The number of thioether (sulfide) groups is 1. The molecule has 3 rings (SSSR count). The van der Waals surface area contributed by atoms with E-state index in [1.165, 1.54) is 55.3 Å². The molecule has 0 aliphatic heterocycles. The number of carbonyl (C=O) groups is 1. The van der Waals surface area contributed by atoms with Crippen LogP contribution < -0.4 is 4.74 Å². The minimum atomic E-state index is -2.66. The molecule has 0 fully saturated rings. The molecule has 0 aliphatic carbocycles. The third-order valence-electron chi connectivity index (χ3n) is 4.29. The summed E-state index contributed by atoms with van der Waals surface area (Å²) in [5.41, 5.74) is 2.10. The van der Waals surface area contributed by atoms with Crippen LogP contribution in [0.4, 0.5) is 13.2 Å². The second-order valence-electron chi connectivity index (χ2n) is 6.58. The Labute approximate surface area is 182 Å². The molecule has 2 aromatic carbocycles. The number of carbonyl (C=O) groups excluding carboxylic acids is 1. The molecular formula is C23H19F3N2O2S. The molecule has 0 atom stereocenters. The number of hydrogen-bond donors (Lipinski definition) is 0. The first-order valence-electron chi connectivity index (χ1n) is 9.27. The summed E-state index contributed by atoms with van der Waals surface area (Å²) in [5.74, 6) is 0.356. The molecule has 0 aliphatic rings. The molecule has 3 aromatic rings. The predicted octanol–water partition coefficient (Wildman–Crippen LogP) is 6.06. The van der Waals surface area contributed by atoms with Crippen LogP contribution >= 0.6 is 11.8 Å². The highest BCUT2D eigenvalue weighted by molar-refractivity contribution is 7.98. The van der Waals surface area contributed by atoms with Crippen LogP contribution in [0, 0.1) is 12.7 Å². The number of benzene rings is 2. The van der Waals surface area contributed by atoms with Crippen molar-refractivity contribution in [3.63, 3.8) is 0 Å². The number of aryl methyl sites for hydroxylation is 1. The van der Waals surface area contributed by atoms with Gasteiger partial charge in [-0.1, -0.05) is 23.9 Å². The Kier molecular flexibility index (Phi) is 7.46. The van der Waals surface area contributed by atoms with Gasteiger partial charge in [-0.25, -0.2) is 23.1 Å². The van der Waals surface area contributed by atoms with Gasteiger partial charge in [0.25, 0.3) is 6.43 Å². The molecule has 0 saturated heterocycles. The van der Waals surface area contributed by atoms with Crippen LogP contribution in [0.25, 0.3) is 6.08 Å². The third kappa shape index (κ3) is 6.18. The summed E-state index contributed by atoms with van der Waals surface area (Å²) < 4.78 is 44.3. The average Bonchev–Trinajstić information content (AvgIpc) is 2.76. The number of aromatic nitrogens is 2. The molecule has 0 bridgehead atoms. The molecule has 1 heterocycles. The van der Waals surface area contributed by atoms with Gasteiger partial charge < -0.3 is 4.74 Å². The van der Waals surface area contributed by atoms with Crippen LogP contribution in [-0.2, 0) is 5.75 Å². The summed E-state index contributed by atoms with van der Waals surface area (Å²) in [7, 11) is 1.54. The van der Waals surface area contributed by atoms with Crippen LogP contribution in [-0.4, -0.2) is 22.9 Å². The van der Waals surface area contributed by atoms with E-state index in [-0.39, 0.29) is 16.6 Å². The summed E-state index contributed by atoms with van der Waals surface area (Å²) in [6.07, 6.45) is 0.393. The molecule has 0 spiro atoms. The second-order valence-corrected chi connectivity index (χ2v) is 7.52. The first-order valence-corrected chi connectivity index (χ1v) is 10.3. The van der Waals surface area contributed by atoms with E-state index in [1.807, 2.05) is 6.07 Å². The van der Waals surface area contributed by atoms with Gasteiger partial charge >= 0.3 is 0 Å². The van der Waals surface area contributed by atoms with Crippen molar-refractivity contribution in [2.75, 3.05) is 7.11 Å². The maximum atomic E-state index is 13.0. The minimum absolute atomic E-state index is 0.251. The predicted molar refractivity (Wildman–Crippen MR) is 114 cm³/mol. The van der Waals surface area contributed by atoms with Crippen molar-refractivity contribution < 1.29 is 22.7 Å². The first-order chi connectivity index (χ1) is 14.9. The Bertz CT molecular complexity index is 1100. The van der Waals surface area contributed by atoms with Gasteiger partial charge in [0.2, 0.25) is 0 Å². The van der Waals surface area contributed by atoms with Crippen LogP contribution in [0.2, 0.25) is 0 Å². The fourth-order valence-corrected chi connectivity index (χ4v) is 3.67. The summed E-state index contributed by atoms with van der Waals surface area (Å²) >= 11 is 1.22. The highest BCUT2D eigenvalue weighted by atomic mass is 32.2. The first kappa shape index (κ1) is 22.6. The Hall–Kier alpha value is -3.13. The zero-order valence-electron chi connectivity index (χ0n) is 16.8. The molecule has 160 valence electrons. The molecule has 0 amide bonds. The van der Waals surface area contributed by atoms with Gasteiger partial charge in [-0.05, 0) is 61.0 Å². The van der Waals surface area contributed by atoms with Crippen molar-refractivity contribution in [1.82, 2.24) is 9.97 Å². The van der Waals surface area contributed by atoms with E-state index in [9.17, 15) is 18.0 Å². The van der Waals surface area contributed by atoms with E-state index in [2.05, 4.69) is 9.97 Å². The number of halogens is 3. The smallest absolute Gasteiger partial charge is 0.280 e. The monoisotopic (exact) mass is 444 g/mol. The number of hydrogen-bond acceptors (Lipinski definition) is 5. The quantitative estimate of drug-likeness (QED) is 0.183. The van der Waals surface area contributed by atoms with E-state index in [1.54, 1.807) is 25.1 Å². The lowest BCUT2D eigenvalue weighted by Gasteiger charge is -2.10. The lowest BCUT2D eigenvalue weighted by Crippen LogP contribution is -1.98. The van der Waals surface area contributed by atoms with Crippen molar-refractivity contribution in [3.05, 3.63) is 88.5 Å². The van der Waals surface area contributed by atoms with Gasteiger partial charge in [0.1, 0.15) is 17.3 Å². The molecule has 1 aromatic heterocycles. The number of ketones is 1. The van der Waals surface area contributed by atoms with E-state index >= 15 is 0 Å². The van der Waals surface area contributed by atoms with E-state index in [0.717, 1.165) is 11.1 Å². The van der Waals surface area contributed by atoms with Crippen molar-refractivity contribution in [1.29, 1.82) is 0 Å². The molecule has 0 N–H and O–H groups in total. The molecule has 31 heavy (non-hydrogen) atoms. The van der Waals surface area contributed by atoms with Crippen LogP contribution in [0.5, 0.6) is 5.75 Å². The van der Waals surface area contributed by atoms with E-state index < -0.39 is 12.2 Å². The summed E-state index contributed by atoms with van der Waals surface area (Å²) in [6, 6.07) is 12.0. The van der Waals surface area contributed by atoms with Crippen molar-refractivity contribution in [2.24, 2.45) is 0 Å². The van der Waals surface area contributed by atoms with Gasteiger partial charge in [0.15, 0.2) is 10.9 Å². The van der Waals surface area contributed by atoms with Gasteiger partial charge in [0.05, 0.1) is 7.11 Å². The van der Waals surface area contributed by atoms with E-state index in [4.69, 9.17) is 4.74 Å². The van der Waals surface area contributed by atoms with Crippen molar-refractivity contribution in [2.45, 2.75) is 24.3 Å². The Morgan fingerprint density at radius 2 is 1.87 bits per heavy atom. The highest BCUT2D eigenvalue weighted by Gasteiger charge is 2.13. The summed E-state index contributed by atoms with van der Waals surface area (Å²) in [6.45, 7) is 1.64. The lowest BCUT2D eigenvalue weighted by atomic mass is 10.1. The van der Waals surface area contributed by atoms with Crippen molar-refractivity contribution >= 4 is 23.6 Å². The number of ether oxygens (including phenoxy) is 1. The Morgan fingerprint density at radius 1 is 1.13 bits per heavy atom. The third-order valence-corrected chi connectivity index (χ3v) is 5.19. The van der Waals surface area contributed by atoms with E-state index in [0.29, 0.717) is 22.8 Å². The average molecular weight is 444 g/mol. The highest BCUT2D eigenvalue weighted by Crippen LogP contribution is 2.29. The maximum Gasteiger partial charge on any atom is 0.280 e. The summed E-state index contributed by atoms with van der Waals surface area (Å²) in [5, 5.41) is 0.254. The van der Waals surface area contributed by atoms with Gasteiger partial charge in [-0.3, -0.25) is 4.79 Å². The molecule has 0 saturated carbocycles.